The fourth-order valence-corrected chi connectivity index (χ4v) is 18.5. The Morgan fingerprint density at radius 2 is 0.672 bits per heavy atom. The summed E-state index contributed by atoms with van der Waals surface area (Å²) in [6, 6.07) is 26.1. The first-order valence-corrected chi connectivity index (χ1v) is 51.3. The summed E-state index contributed by atoms with van der Waals surface area (Å²) in [6.45, 7) is 12.8. The molecule has 18 nitrogen and oxygen atoms in total. The Balaban J connectivity index is 1.92. The molecule has 3 N–H and O–H groups in total. The van der Waals surface area contributed by atoms with Crippen LogP contribution in [0.1, 0.15) is 424 Å². The number of unbranched alkanes of at least 4 members (excludes halogenated alkanes) is 42. The van der Waals surface area contributed by atoms with Crippen LogP contribution in [0, 0.1) is 0 Å². The van der Waals surface area contributed by atoms with Crippen LogP contribution in [0.4, 0.5) is 0 Å². The maximum absolute atomic E-state index is 15.9. The molecule has 1 aliphatic rings. The molecule has 3 aromatic rings. The lowest BCUT2D eigenvalue weighted by atomic mass is 9.93. The third kappa shape index (κ3) is 55.0. The first-order chi connectivity index (χ1) is 59.7. The zero-order chi connectivity index (χ0) is 87.8. The predicted molar refractivity (Wildman–Crippen MR) is 497 cm³/mol. The molecular weight excluding hydrogens is 1550 g/mol. The number of carbonyl (C=O) groups excluding carboxylic acids is 7. The molecule has 0 unspecified atom stereocenters. The highest BCUT2D eigenvalue weighted by molar-refractivity contribution is 7.50. The number of carbonyl (C=O) groups is 7. The van der Waals surface area contributed by atoms with E-state index in [1.165, 1.54) is 116 Å². The monoisotopic (exact) mass is 1720 g/mol. The Labute approximate surface area is 742 Å². The van der Waals surface area contributed by atoms with Crippen molar-refractivity contribution in [3.05, 3.63) is 108 Å². The largest absolute Gasteiger partial charge is 0.467 e. The molecule has 0 saturated carbocycles. The summed E-state index contributed by atoms with van der Waals surface area (Å²) in [4.78, 5) is 103. The van der Waals surface area contributed by atoms with Gasteiger partial charge in [-0.3, -0.25) is 28.8 Å². The van der Waals surface area contributed by atoms with E-state index in [1.807, 2.05) is 66.7 Å². The molecule has 0 bridgehead atoms. The summed E-state index contributed by atoms with van der Waals surface area (Å²) in [5, 5.41) is 9.66. The number of ether oxygens (including phenoxy) is 7. The molecule has 0 aromatic heterocycles. The number of benzene rings is 3. The lowest BCUT2D eigenvalue weighted by molar-refractivity contribution is -0.250. The van der Waals surface area contributed by atoms with Crippen LogP contribution in [0.5, 0.6) is 0 Å². The van der Waals surface area contributed by atoms with Crippen molar-refractivity contribution in [1.82, 2.24) is 16.0 Å². The molecule has 3 aromatic carbocycles. The number of nitrogens with one attached hydrogen (secondary N) is 3. The van der Waals surface area contributed by atoms with E-state index in [0.717, 1.165) is 196 Å². The third-order valence-electron chi connectivity index (χ3n) is 23.7. The van der Waals surface area contributed by atoms with Gasteiger partial charge in [-0.2, -0.15) is 0 Å². The van der Waals surface area contributed by atoms with Crippen LogP contribution in [0.3, 0.4) is 0 Å². The molecule has 0 aliphatic carbocycles. The third-order valence-corrected chi connectivity index (χ3v) is 25.6. The topological polar surface area (TPSA) is 229 Å². The Morgan fingerprint density at radius 1 is 0.369 bits per heavy atom. The Hall–Kier alpha value is -5.78. The fraction of sp³-hybridized carbons (Fsp3) is 0.757. The van der Waals surface area contributed by atoms with Crippen LogP contribution in [0.2, 0.25) is 0 Å². The van der Waals surface area contributed by atoms with E-state index in [4.69, 9.17) is 37.7 Å². The highest BCUT2D eigenvalue weighted by Gasteiger charge is 2.50. The second-order valence-electron chi connectivity index (χ2n) is 35.0. The lowest BCUT2D eigenvalue weighted by Crippen LogP contribution is -2.70. The summed E-state index contributed by atoms with van der Waals surface area (Å²) in [5.74, 6) is -3.41. The summed E-state index contributed by atoms with van der Waals surface area (Å²) in [5.41, 5.74) is 2.95. The fourth-order valence-electron chi connectivity index (χ4n) is 16.4. The minimum atomic E-state index is -1.51. The SMILES string of the molecule is CCCCCCCCCCC[C@H](CC(=O)N[C@H]1[C@H](OC[C@H](NC(=O)C[C@@H](CCCCCCCCCCC)OC(=O)CCCCCCCCC)C(=O)OC)O[C@H](COCc2ccccc2)[C@@H](OP(Cc2ccccc2)Cc2ccccc2)[C@H]1NC(=O)C[C@@H](CCCCCCCCCCC)OC(=O)CCCCCCCCC)OC(=O)CCCCCCCCC. The van der Waals surface area contributed by atoms with Gasteiger partial charge < -0.3 is 53.6 Å². The van der Waals surface area contributed by atoms with Crippen molar-refractivity contribution in [2.24, 2.45) is 0 Å². The van der Waals surface area contributed by atoms with Crippen LogP contribution in [0.15, 0.2) is 91.0 Å². The van der Waals surface area contributed by atoms with Gasteiger partial charge in [-0.05, 0) is 74.5 Å². The molecule has 1 aliphatic heterocycles. The van der Waals surface area contributed by atoms with E-state index in [9.17, 15) is 24.0 Å². The van der Waals surface area contributed by atoms with Crippen molar-refractivity contribution in [3.8, 4) is 0 Å². The molecule has 0 spiro atoms. The maximum atomic E-state index is 15.9. The van der Waals surface area contributed by atoms with Crippen LogP contribution in [-0.4, -0.2) is 117 Å². The van der Waals surface area contributed by atoms with Crippen molar-refractivity contribution in [2.75, 3.05) is 20.3 Å². The number of amides is 3. The standard InChI is InChI=1S/C103H172N3O15P/c1-8-14-20-26-32-35-41-44-59-71-88(117-96(110)74-62-47-38-29-23-17-11-4)77-93(107)104-91(102(113)114-7)81-116-103-100(106-95(109)79-90(73-61-46-43-37-34-28-22-16-10-3)119-98(112)76-64-49-40-31-25-19-13-6)99(105-94(108)78-89(72-60-45-42-36-33-27-21-15-9-2)118-97(111)75-63-48-39-30-24-18-12-5)101(92(120-103)82-115-80-85-65-53-50-54-66-85)121-122(83-86-67-55-51-56-68-86)84-87-69-57-52-58-70-87/h50-58,65-70,88-92,99-101,103H,8-49,59-64,71-84H2,1-7H3,(H,104,107)(H,105,108)(H,106,109)/t88-,89-,90-,91+,92-,99+,100-,101-,103-/m1/s1. The van der Waals surface area contributed by atoms with Gasteiger partial charge in [0.25, 0.3) is 0 Å². The smallest absolute Gasteiger partial charge is 0.330 e. The van der Waals surface area contributed by atoms with Gasteiger partial charge in [-0.25, -0.2) is 4.79 Å². The summed E-state index contributed by atoms with van der Waals surface area (Å²) in [7, 11) is -0.279. The van der Waals surface area contributed by atoms with E-state index in [0.29, 0.717) is 50.8 Å². The highest BCUT2D eigenvalue weighted by Crippen LogP contribution is 2.48. The molecule has 3 amide bonds. The minimum Gasteiger partial charge on any atom is -0.467 e. The summed E-state index contributed by atoms with van der Waals surface area (Å²) in [6.07, 6.45) is 47.5. The highest BCUT2D eigenvalue weighted by atomic mass is 31.1. The number of hydrogen-bond donors (Lipinski definition) is 3. The maximum Gasteiger partial charge on any atom is 0.330 e. The van der Waals surface area contributed by atoms with Gasteiger partial charge in [0.1, 0.15) is 36.6 Å². The average Bonchev–Trinajstić information content (AvgIpc) is 0.777. The zero-order valence-electron chi connectivity index (χ0n) is 77.8. The first-order valence-electron chi connectivity index (χ1n) is 49.6. The van der Waals surface area contributed by atoms with Crippen molar-refractivity contribution >= 4 is 49.7 Å². The van der Waals surface area contributed by atoms with E-state index >= 15 is 9.59 Å². The second-order valence-corrected chi connectivity index (χ2v) is 36.8. The second kappa shape index (κ2) is 74.3. The van der Waals surface area contributed by atoms with Crippen LogP contribution in [0.25, 0.3) is 0 Å². The normalized spacial score (nSPS) is 16.2. The van der Waals surface area contributed by atoms with E-state index in [-0.39, 0.29) is 69.6 Å². The minimum absolute atomic E-state index is 0.103. The molecule has 1 fully saturated rings. The summed E-state index contributed by atoms with van der Waals surface area (Å²) >= 11 is 0. The molecule has 9 atom stereocenters. The van der Waals surface area contributed by atoms with Gasteiger partial charge in [0.2, 0.25) is 17.7 Å². The molecule has 0 radical (unpaired) electrons. The number of rotatable bonds is 80. The van der Waals surface area contributed by atoms with Crippen LogP contribution < -0.4 is 16.0 Å². The predicted octanol–water partition coefficient (Wildman–Crippen LogP) is 25.8. The first kappa shape index (κ1) is 109. The molecule has 4 rings (SSSR count). The van der Waals surface area contributed by atoms with Crippen molar-refractivity contribution in [1.29, 1.82) is 0 Å². The van der Waals surface area contributed by atoms with Crippen LogP contribution >= 0.6 is 8.15 Å². The Bertz CT molecular complexity index is 3020. The molecule has 122 heavy (non-hydrogen) atoms. The molecule has 19 heteroatoms. The Morgan fingerprint density at radius 3 is 1.01 bits per heavy atom. The molecule has 694 valence electrons. The average molecular weight is 1720 g/mol. The number of hydrogen-bond acceptors (Lipinski definition) is 15. The van der Waals surface area contributed by atoms with E-state index in [1.54, 1.807) is 0 Å². The van der Waals surface area contributed by atoms with Gasteiger partial charge in [0.15, 0.2) is 12.3 Å². The van der Waals surface area contributed by atoms with Gasteiger partial charge in [-0.15, -0.1) is 0 Å². The number of esters is 4. The quantitative estimate of drug-likeness (QED) is 0.0207. The van der Waals surface area contributed by atoms with Crippen molar-refractivity contribution < 1.29 is 71.2 Å². The van der Waals surface area contributed by atoms with Crippen LogP contribution in [-0.2, 0) is 90.2 Å². The molecule has 1 saturated heterocycles. The van der Waals surface area contributed by atoms with Gasteiger partial charge in [0.05, 0.1) is 52.2 Å². The zero-order valence-corrected chi connectivity index (χ0v) is 78.7. The van der Waals surface area contributed by atoms with Gasteiger partial charge in [0, 0.05) is 39.7 Å². The van der Waals surface area contributed by atoms with E-state index in [2.05, 4.69) is 81.8 Å². The van der Waals surface area contributed by atoms with E-state index < -0.39 is 93.4 Å². The Kier molecular flexibility index (Phi) is 66.1. The lowest BCUT2D eigenvalue weighted by Gasteiger charge is -2.48. The van der Waals surface area contributed by atoms with Gasteiger partial charge in [-0.1, -0.05) is 402 Å². The van der Waals surface area contributed by atoms with Crippen molar-refractivity contribution in [3.63, 3.8) is 0 Å². The molecular formula is C103H172N3O15P. The summed E-state index contributed by atoms with van der Waals surface area (Å²) < 4.78 is 53.2. The van der Waals surface area contributed by atoms with Gasteiger partial charge >= 0.3 is 23.9 Å². The molecule has 1 heterocycles. The number of methoxy groups -OCH3 is 1. The van der Waals surface area contributed by atoms with Crippen molar-refractivity contribution in [2.45, 2.75) is 481 Å².